The highest BCUT2D eigenvalue weighted by molar-refractivity contribution is 5.71. The second kappa shape index (κ2) is 5.82. The zero-order valence-corrected chi connectivity index (χ0v) is 11.8. The normalized spacial score (nSPS) is 10.8. The first kappa shape index (κ1) is 14.2. The van der Waals surface area contributed by atoms with E-state index in [0.717, 1.165) is 5.56 Å². The summed E-state index contributed by atoms with van der Waals surface area (Å²) in [5.41, 5.74) is 2.02. The molecule has 0 fully saturated rings. The lowest BCUT2D eigenvalue weighted by atomic mass is 9.99. The van der Waals surface area contributed by atoms with Crippen LogP contribution in [0.1, 0.15) is 31.1 Å². The van der Waals surface area contributed by atoms with Crippen molar-refractivity contribution in [1.29, 1.82) is 0 Å². The first-order chi connectivity index (χ1) is 9.51. The highest BCUT2D eigenvalue weighted by Crippen LogP contribution is 2.34. The number of furan rings is 1. The maximum atomic E-state index is 10.7. The molecule has 0 radical (unpaired) electrons. The van der Waals surface area contributed by atoms with Gasteiger partial charge in [-0.2, -0.15) is 0 Å². The first-order valence-corrected chi connectivity index (χ1v) is 6.50. The minimum Gasteiger partial charge on any atom is -0.496 e. The Balaban J connectivity index is 2.41. The van der Waals surface area contributed by atoms with Crippen LogP contribution in [-0.2, 0) is 11.2 Å². The Kier molecular flexibility index (Phi) is 4.13. The summed E-state index contributed by atoms with van der Waals surface area (Å²) in [6, 6.07) is 9.41. The van der Waals surface area contributed by atoms with E-state index in [0.29, 0.717) is 23.2 Å². The van der Waals surface area contributed by atoms with Crippen LogP contribution in [0.5, 0.6) is 5.75 Å². The lowest BCUT2D eigenvalue weighted by Crippen LogP contribution is -1.98. The third-order valence-corrected chi connectivity index (χ3v) is 3.14. The van der Waals surface area contributed by atoms with Crippen molar-refractivity contribution in [3.8, 4) is 17.1 Å². The molecular formula is C16H18O4. The van der Waals surface area contributed by atoms with Crippen LogP contribution in [0.3, 0.4) is 0 Å². The van der Waals surface area contributed by atoms with Gasteiger partial charge in [-0.15, -0.1) is 0 Å². The summed E-state index contributed by atoms with van der Waals surface area (Å²) in [4.78, 5) is 10.7. The van der Waals surface area contributed by atoms with Gasteiger partial charge >= 0.3 is 5.97 Å². The Hall–Kier alpha value is -2.23. The van der Waals surface area contributed by atoms with Crippen molar-refractivity contribution in [2.24, 2.45) is 0 Å². The summed E-state index contributed by atoms with van der Waals surface area (Å²) in [7, 11) is 1.61. The summed E-state index contributed by atoms with van der Waals surface area (Å²) in [6.45, 7) is 4.23. The molecule has 0 aliphatic carbocycles. The maximum Gasteiger partial charge on any atom is 0.311 e. The number of carboxylic acids is 1. The largest absolute Gasteiger partial charge is 0.496 e. The Bertz CT molecular complexity index is 611. The number of benzene rings is 1. The van der Waals surface area contributed by atoms with E-state index >= 15 is 0 Å². The second-order valence-electron chi connectivity index (χ2n) is 4.95. The molecule has 4 nitrogen and oxygen atoms in total. The number of hydrogen-bond acceptors (Lipinski definition) is 3. The van der Waals surface area contributed by atoms with Crippen molar-refractivity contribution in [2.75, 3.05) is 7.11 Å². The number of hydrogen-bond donors (Lipinski definition) is 1. The van der Waals surface area contributed by atoms with Crippen LogP contribution in [0.4, 0.5) is 0 Å². The van der Waals surface area contributed by atoms with E-state index < -0.39 is 5.97 Å². The molecule has 0 saturated carbocycles. The van der Waals surface area contributed by atoms with Gasteiger partial charge in [0, 0.05) is 0 Å². The Morgan fingerprint density at radius 2 is 2.05 bits per heavy atom. The van der Waals surface area contributed by atoms with E-state index in [9.17, 15) is 4.79 Å². The number of aliphatic carboxylic acids is 1. The molecule has 0 bridgehead atoms. The molecule has 0 aliphatic heterocycles. The Labute approximate surface area is 118 Å². The van der Waals surface area contributed by atoms with Gasteiger partial charge in [-0.25, -0.2) is 0 Å². The molecule has 1 heterocycles. The van der Waals surface area contributed by atoms with Gasteiger partial charge in [0.25, 0.3) is 0 Å². The number of carbonyl (C=O) groups is 1. The molecule has 2 aromatic rings. The summed E-state index contributed by atoms with van der Waals surface area (Å²) in [6.07, 6.45) is -0.119. The first-order valence-electron chi connectivity index (χ1n) is 6.50. The molecule has 1 N–H and O–H groups in total. The van der Waals surface area contributed by atoms with Gasteiger partial charge in [0.2, 0.25) is 0 Å². The second-order valence-corrected chi connectivity index (χ2v) is 4.95. The third-order valence-electron chi connectivity index (χ3n) is 3.14. The van der Waals surface area contributed by atoms with Crippen molar-refractivity contribution in [3.05, 3.63) is 41.7 Å². The molecule has 0 atom stereocenters. The molecule has 1 aromatic heterocycles. The number of ether oxygens (including phenoxy) is 1. The molecule has 0 unspecified atom stereocenters. The highest BCUT2D eigenvalue weighted by Gasteiger charge is 2.13. The van der Waals surface area contributed by atoms with Crippen LogP contribution < -0.4 is 4.74 Å². The number of methoxy groups -OCH3 is 1. The zero-order chi connectivity index (χ0) is 14.7. The van der Waals surface area contributed by atoms with Crippen LogP contribution in [0, 0.1) is 0 Å². The van der Waals surface area contributed by atoms with Gasteiger partial charge in [0.15, 0.2) is 0 Å². The minimum atomic E-state index is -0.909. The third kappa shape index (κ3) is 3.02. The SMILES string of the molecule is COc1ccc(C(C)C)cc1-c1ccc(CC(=O)O)o1. The number of rotatable bonds is 5. The molecule has 20 heavy (non-hydrogen) atoms. The maximum absolute atomic E-state index is 10.7. The summed E-state index contributed by atoms with van der Waals surface area (Å²) in [5.74, 6) is 1.26. The topological polar surface area (TPSA) is 59.7 Å². The molecule has 4 heteroatoms. The smallest absolute Gasteiger partial charge is 0.311 e. The fourth-order valence-electron chi connectivity index (χ4n) is 2.04. The lowest BCUT2D eigenvalue weighted by molar-refractivity contribution is -0.136. The van der Waals surface area contributed by atoms with E-state index in [1.54, 1.807) is 19.2 Å². The van der Waals surface area contributed by atoms with Gasteiger partial charge in [-0.3, -0.25) is 4.79 Å². The Morgan fingerprint density at radius 3 is 2.65 bits per heavy atom. The van der Waals surface area contributed by atoms with Crippen molar-refractivity contribution < 1.29 is 19.1 Å². The van der Waals surface area contributed by atoms with E-state index in [1.807, 2.05) is 18.2 Å². The summed E-state index contributed by atoms with van der Waals surface area (Å²) in [5, 5.41) is 8.78. The van der Waals surface area contributed by atoms with Gasteiger partial charge in [-0.05, 0) is 35.7 Å². The molecule has 0 saturated heterocycles. The molecular weight excluding hydrogens is 256 g/mol. The number of carboxylic acid groups (broad SMARTS) is 1. The van der Waals surface area contributed by atoms with Gasteiger partial charge in [0.05, 0.1) is 12.7 Å². The standard InChI is InChI=1S/C16H18O4/c1-10(2)11-4-6-14(19-3)13(8-11)15-7-5-12(20-15)9-16(17)18/h4-8,10H,9H2,1-3H3,(H,17,18). The molecule has 0 spiro atoms. The molecule has 2 rings (SSSR count). The van der Waals surface area contributed by atoms with Crippen LogP contribution in [-0.4, -0.2) is 18.2 Å². The molecule has 0 amide bonds. The van der Waals surface area contributed by atoms with Gasteiger partial charge < -0.3 is 14.3 Å². The predicted octanol–water partition coefficient (Wildman–Crippen LogP) is 3.71. The van der Waals surface area contributed by atoms with Crippen LogP contribution >= 0.6 is 0 Å². The summed E-state index contributed by atoms with van der Waals surface area (Å²) >= 11 is 0. The van der Waals surface area contributed by atoms with Crippen molar-refractivity contribution in [3.63, 3.8) is 0 Å². The summed E-state index contributed by atoms with van der Waals surface area (Å²) < 4.78 is 10.9. The molecule has 1 aromatic carbocycles. The van der Waals surface area contributed by atoms with Crippen LogP contribution in [0.25, 0.3) is 11.3 Å². The van der Waals surface area contributed by atoms with Crippen LogP contribution in [0.2, 0.25) is 0 Å². The zero-order valence-electron chi connectivity index (χ0n) is 11.8. The van der Waals surface area contributed by atoms with Gasteiger partial charge in [0.1, 0.15) is 23.7 Å². The van der Waals surface area contributed by atoms with Crippen molar-refractivity contribution in [1.82, 2.24) is 0 Å². The van der Waals surface area contributed by atoms with E-state index in [-0.39, 0.29) is 6.42 Å². The fraction of sp³-hybridized carbons (Fsp3) is 0.312. The van der Waals surface area contributed by atoms with Crippen molar-refractivity contribution >= 4 is 5.97 Å². The van der Waals surface area contributed by atoms with E-state index in [4.69, 9.17) is 14.3 Å². The fourth-order valence-corrected chi connectivity index (χ4v) is 2.04. The average molecular weight is 274 g/mol. The molecule has 106 valence electrons. The van der Waals surface area contributed by atoms with Gasteiger partial charge in [-0.1, -0.05) is 19.9 Å². The monoisotopic (exact) mass is 274 g/mol. The van der Waals surface area contributed by atoms with Crippen molar-refractivity contribution in [2.45, 2.75) is 26.2 Å². The predicted molar refractivity (Wildman–Crippen MR) is 76.1 cm³/mol. The van der Waals surface area contributed by atoms with E-state index in [1.165, 1.54) is 5.56 Å². The van der Waals surface area contributed by atoms with E-state index in [2.05, 4.69) is 13.8 Å². The highest BCUT2D eigenvalue weighted by atomic mass is 16.5. The van der Waals surface area contributed by atoms with Crippen LogP contribution in [0.15, 0.2) is 34.7 Å². The lowest BCUT2D eigenvalue weighted by Gasteiger charge is -2.11. The molecule has 0 aliphatic rings. The quantitative estimate of drug-likeness (QED) is 0.903. The average Bonchev–Trinajstić information content (AvgIpc) is 2.85. The minimum absolute atomic E-state index is 0.119. The Morgan fingerprint density at radius 1 is 1.30 bits per heavy atom.